The van der Waals surface area contributed by atoms with Crippen LogP contribution >= 0.6 is 0 Å². The van der Waals surface area contributed by atoms with Crippen molar-refractivity contribution in [2.45, 2.75) is 32.3 Å². The van der Waals surface area contributed by atoms with Crippen molar-refractivity contribution in [3.05, 3.63) is 69.8 Å². The zero-order valence-corrected chi connectivity index (χ0v) is 16.7. The van der Waals surface area contributed by atoms with Crippen LogP contribution < -0.4 is 10.6 Å². The molecule has 0 bridgehead atoms. The molecule has 0 heterocycles. The number of rotatable bonds is 9. The van der Waals surface area contributed by atoms with Crippen LogP contribution in [0.1, 0.15) is 42.1 Å². The van der Waals surface area contributed by atoms with Crippen molar-refractivity contribution in [2.24, 2.45) is 0 Å². The predicted octanol–water partition coefficient (Wildman–Crippen LogP) is 3.49. The minimum atomic E-state index is -1.03. The van der Waals surface area contributed by atoms with E-state index in [1.807, 2.05) is 37.3 Å². The number of nitrogens with one attached hydrogen (secondary N) is 2. The van der Waals surface area contributed by atoms with Crippen molar-refractivity contribution < 1.29 is 19.2 Å². The molecule has 0 saturated carbocycles. The van der Waals surface area contributed by atoms with E-state index in [2.05, 4.69) is 10.6 Å². The highest BCUT2D eigenvalue weighted by Gasteiger charge is 2.22. The van der Waals surface area contributed by atoms with Gasteiger partial charge in [0, 0.05) is 25.6 Å². The SMILES string of the molecule is CC[C@H](CNC(=O)[C@@H](C)OC(=O)c1ccc(NC)c([N+](=O)[O-])c1)c1ccccc1. The number of ether oxygens (including phenoxy) is 1. The molecule has 0 radical (unpaired) electrons. The Labute approximate surface area is 169 Å². The molecule has 2 atom stereocenters. The summed E-state index contributed by atoms with van der Waals surface area (Å²) in [5, 5.41) is 16.6. The topological polar surface area (TPSA) is 111 Å². The van der Waals surface area contributed by atoms with Crippen LogP contribution in [-0.2, 0) is 9.53 Å². The van der Waals surface area contributed by atoms with Gasteiger partial charge in [0.2, 0.25) is 0 Å². The van der Waals surface area contributed by atoms with E-state index in [9.17, 15) is 19.7 Å². The van der Waals surface area contributed by atoms with Crippen LogP contribution in [-0.4, -0.2) is 36.5 Å². The molecular formula is C21H25N3O5. The molecule has 154 valence electrons. The van der Waals surface area contributed by atoms with Gasteiger partial charge >= 0.3 is 5.97 Å². The van der Waals surface area contributed by atoms with Crippen molar-refractivity contribution >= 4 is 23.3 Å². The first-order valence-corrected chi connectivity index (χ1v) is 9.37. The van der Waals surface area contributed by atoms with E-state index in [1.54, 1.807) is 7.05 Å². The first-order valence-electron chi connectivity index (χ1n) is 9.37. The van der Waals surface area contributed by atoms with Gasteiger partial charge in [0.05, 0.1) is 10.5 Å². The fraction of sp³-hybridized carbons (Fsp3) is 0.333. The lowest BCUT2D eigenvalue weighted by Crippen LogP contribution is -2.38. The lowest BCUT2D eigenvalue weighted by atomic mass is 9.96. The van der Waals surface area contributed by atoms with Gasteiger partial charge in [0.25, 0.3) is 11.6 Å². The Morgan fingerprint density at radius 2 is 1.86 bits per heavy atom. The van der Waals surface area contributed by atoms with Gasteiger partial charge in [0.15, 0.2) is 6.10 Å². The molecule has 0 saturated heterocycles. The van der Waals surface area contributed by atoms with E-state index in [4.69, 9.17) is 4.74 Å². The summed E-state index contributed by atoms with van der Waals surface area (Å²) in [4.78, 5) is 35.2. The predicted molar refractivity (Wildman–Crippen MR) is 110 cm³/mol. The zero-order valence-electron chi connectivity index (χ0n) is 16.7. The fourth-order valence-corrected chi connectivity index (χ4v) is 2.89. The number of nitro groups is 1. The molecule has 0 aromatic heterocycles. The highest BCUT2D eigenvalue weighted by Crippen LogP contribution is 2.25. The number of nitro benzene ring substituents is 1. The fourth-order valence-electron chi connectivity index (χ4n) is 2.89. The zero-order chi connectivity index (χ0) is 21.4. The van der Waals surface area contributed by atoms with E-state index in [0.29, 0.717) is 6.54 Å². The second-order valence-electron chi connectivity index (χ2n) is 6.55. The number of hydrogen-bond donors (Lipinski definition) is 2. The smallest absolute Gasteiger partial charge is 0.339 e. The normalized spacial score (nSPS) is 12.5. The molecule has 2 aromatic carbocycles. The number of nitrogens with zero attached hydrogens (tertiary/aromatic N) is 1. The maximum absolute atomic E-state index is 12.3. The number of carbonyl (C=O) groups excluding carboxylic acids is 2. The standard InChI is InChI=1S/C21H25N3O5/c1-4-15(16-8-6-5-7-9-16)13-23-20(25)14(2)29-21(26)17-10-11-18(22-3)19(12-17)24(27)28/h5-12,14-15,22H,4,13H2,1-3H3,(H,23,25)/t14-,15-/m1/s1. The first-order chi connectivity index (χ1) is 13.9. The van der Waals surface area contributed by atoms with Gasteiger partial charge in [-0.05, 0) is 31.0 Å². The summed E-state index contributed by atoms with van der Waals surface area (Å²) in [7, 11) is 1.55. The third kappa shape index (κ3) is 5.78. The van der Waals surface area contributed by atoms with E-state index >= 15 is 0 Å². The summed E-state index contributed by atoms with van der Waals surface area (Å²) < 4.78 is 5.18. The Bertz CT molecular complexity index is 870. The van der Waals surface area contributed by atoms with Gasteiger partial charge in [-0.2, -0.15) is 0 Å². The van der Waals surface area contributed by atoms with E-state index in [-0.39, 0.29) is 22.9 Å². The summed E-state index contributed by atoms with van der Waals surface area (Å²) in [5.74, 6) is -1.07. The van der Waals surface area contributed by atoms with Crippen molar-refractivity contribution in [1.29, 1.82) is 0 Å². The molecule has 0 spiro atoms. The second kappa shape index (κ2) is 10.2. The van der Waals surface area contributed by atoms with Crippen molar-refractivity contribution in [3.8, 4) is 0 Å². The summed E-state index contributed by atoms with van der Waals surface area (Å²) in [6.07, 6.45) is -0.182. The van der Waals surface area contributed by atoms with Gasteiger partial charge in [0.1, 0.15) is 5.69 Å². The molecule has 29 heavy (non-hydrogen) atoms. The van der Waals surface area contributed by atoms with E-state index in [0.717, 1.165) is 18.1 Å². The lowest BCUT2D eigenvalue weighted by molar-refractivity contribution is -0.384. The molecule has 0 fully saturated rings. The third-order valence-electron chi connectivity index (χ3n) is 4.64. The summed E-state index contributed by atoms with van der Waals surface area (Å²) >= 11 is 0. The summed E-state index contributed by atoms with van der Waals surface area (Å²) in [6.45, 7) is 3.92. The Morgan fingerprint density at radius 3 is 2.45 bits per heavy atom. The van der Waals surface area contributed by atoms with Gasteiger partial charge in [-0.3, -0.25) is 14.9 Å². The van der Waals surface area contributed by atoms with Crippen molar-refractivity contribution in [2.75, 3.05) is 18.9 Å². The quantitative estimate of drug-likeness (QED) is 0.379. The molecule has 2 N–H and O–H groups in total. The molecular weight excluding hydrogens is 374 g/mol. The van der Waals surface area contributed by atoms with Gasteiger partial charge in [-0.25, -0.2) is 4.79 Å². The second-order valence-corrected chi connectivity index (χ2v) is 6.55. The third-order valence-corrected chi connectivity index (χ3v) is 4.64. The summed E-state index contributed by atoms with van der Waals surface area (Å²) in [5.41, 5.74) is 1.17. The maximum Gasteiger partial charge on any atom is 0.339 e. The summed E-state index contributed by atoms with van der Waals surface area (Å²) in [6, 6.07) is 13.8. The number of amides is 1. The molecule has 2 aromatic rings. The van der Waals surface area contributed by atoms with Crippen LogP contribution in [0.4, 0.5) is 11.4 Å². The minimum absolute atomic E-state index is 0.00562. The van der Waals surface area contributed by atoms with Gasteiger partial charge in [-0.1, -0.05) is 37.3 Å². The molecule has 0 aliphatic heterocycles. The Balaban J connectivity index is 1.97. The molecule has 1 amide bonds. The number of benzene rings is 2. The van der Waals surface area contributed by atoms with Crippen LogP contribution in [0.5, 0.6) is 0 Å². The highest BCUT2D eigenvalue weighted by molar-refractivity contribution is 5.93. The van der Waals surface area contributed by atoms with Crippen molar-refractivity contribution in [3.63, 3.8) is 0 Å². The van der Waals surface area contributed by atoms with Crippen LogP contribution in [0, 0.1) is 10.1 Å². The molecule has 8 heteroatoms. The average molecular weight is 399 g/mol. The van der Waals surface area contributed by atoms with E-state index in [1.165, 1.54) is 19.1 Å². The number of esters is 1. The van der Waals surface area contributed by atoms with E-state index < -0.39 is 22.9 Å². The van der Waals surface area contributed by atoms with Crippen LogP contribution in [0.15, 0.2) is 48.5 Å². The largest absolute Gasteiger partial charge is 0.449 e. The van der Waals surface area contributed by atoms with Crippen LogP contribution in [0.25, 0.3) is 0 Å². The first kappa shape index (κ1) is 21.9. The monoisotopic (exact) mass is 399 g/mol. The molecule has 0 unspecified atom stereocenters. The molecule has 0 aliphatic carbocycles. The van der Waals surface area contributed by atoms with Crippen LogP contribution in [0.2, 0.25) is 0 Å². The molecule has 0 aliphatic rings. The molecule has 8 nitrogen and oxygen atoms in total. The van der Waals surface area contributed by atoms with Crippen molar-refractivity contribution in [1.82, 2.24) is 5.32 Å². The number of anilines is 1. The van der Waals surface area contributed by atoms with Gasteiger partial charge < -0.3 is 15.4 Å². The molecule has 2 rings (SSSR count). The number of carbonyl (C=O) groups is 2. The highest BCUT2D eigenvalue weighted by atomic mass is 16.6. The lowest BCUT2D eigenvalue weighted by Gasteiger charge is -2.18. The number of hydrogen-bond acceptors (Lipinski definition) is 6. The Morgan fingerprint density at radius 1 is 1.17 bits per heavy atom. The van der Waals surface area contributed by atoms with Gasteiger partial charge in [-0.15, -0.1) is 0 Å². The Hall–Kier alpha value is -3.42. The Kier molecular flexibility index (Phi) is 7.70. The van der Waals surface area contributed by atoms with Crippen LogP contribution in [0.3, 0.4) is 0 Å². The maximum atomic E-state index is 12.3. The average Bonchev–Trinajstić information content (AvgIpc) is 2.74. The minimum Gasteiger partial charge on any atom is -0.449 e.